The Morgan fingerprint density at radius 3 is 2.76 bits per heavy atom. The number of thiophene rings is 1. The number of nitrogen functional groups attached to an aromatic ring is 1. The van der Waals surface area contributed by atoms with Gasteiger partial charge >= 0.3 is 0 Å². The van der Waals surface area contributed by atoms with Crippen LogP contribution in [-0.2, 0) is 6.42 Å². The zero-order valence-corrected chi connectivity index (χ0v) is 18.4. The molecule has 6 rings (SSSR count). The topological polar surface area (TPSA) is 91.7 Å². The van der Waals surface area contributed by atoms with Crippen LogP contribution in [-0.4, -0.2) is 31.3 Å². The molecule has 168 valence electrons. The normalized spacial score (nSPS) is 12.5. The largest absolute Gasteiger partial charge is 0.491 e. The summed E-state index contributed by atoms with van der Waals surface area (Å²) in [6, 6.07) is 12.7. The Hall–Kier alpha value is -4.18. The summed E-state index contributed by atoms with van der Waals surface area (Å²) < 4.78 is 35.2. The van der Waals surface area contributed by atoms with Crippen LogP contribution in [0.5, 0.6) is 5.75 Å². The fourth-order valence-corrected chi connectivity index (χ4v) is 5.01. The number of nitrogens with zero attached hydrogens (tertiary/aromatic N) is 5. The van der Waals surface area contributed by atoms with E-state index in [0.717, 1.165) is 32.6 Å². The molecule has 1 aliphatic rings. The Morgan fingerprint density at radius 1 is 1.03 bits per heavy atom. The molecule has 0 fully saturated rings. The fraction of sp³-hybridized carbons (Fsp3) is 0.0833. The molecule has 1 aromatic carbocycles. The molecule has 0 bridgehead atoms. The first-order valence-corrected chi connectivity index (χ1v) is 11.2. The number of aromatic nitrogens is 5. The second-order valence-corrected chi connectivity index (χ2v) is 8.79. The molecule has 34 heavy (non-hydrogen) atoms. The van der Waals surface area contributed by atoms with Gasteiger partial charge in [0.2, 0.25) is 0 Å². The van der Waals surface area contributed by atoms with Crippen LogP contribution in [0.1, 0.15) is 4.88 Å². The molecule has 2 N–H and O–H groups in total. The van der Waals surface area contributed by atoms with Gasteiger partial charge in [0.25, 0.3) is 0 Å². The summed E-state index contributed by atoms with van der Waals surface area (Å²) in [5.74, 6) is 0.215. The SMILES string of the molecule is Nc1ccc(-c2ccc3c(n2)-c2cc(-c4ncnn4-c4ccc(F)cc4F)sc2CCO3)cn1. The molecule has 7 nitrogen and oxygen atoms in total. The Morgan fingerprint density at radius 2 is 1.94 bits per heavy atom. The molecule has 0 radical (unpaired) electrons. The highest BCUT2D eigenvalue weighted by Gasteiger charge is 2.24. The second kappa shape index (κ2) is 7.99. The minimum absolute atomic E-state index is 0.123. The molecule has 0 atom stereocenters. The van der Waals surface area contributed by atoms with Crippen molar-refractivity contribution < 1.29 is 13.5 Å². The molecule has 5 heterocycles. The zero-order chi connectivity index (χ0) is 23.2. The van der Waals surface area contributed by atoms with Gasteiger partial charge in [0, 0.05) is 34.7 Å². The first-order valence-electron chi connectivity index (χ1n) is 10.4. The van der Waals surface area contributed by atoms with E-state index in [0.29, 0.717) is 36.1 Å². The van der Waals surface area contributed by atoms with Crippen LogP contribution < -0.4 is 10.5 Å². The van der Waals surface area contributed by atoms with Crippen molar-refractivity contribution in [3.05, 3.63) is 77.6 Å². The van der Waals surface area contributed by atoms with Gasteiger partial charge in [0.15, 0.2) is 11.6 Å². The van der Waals surface area contributed by atoms with Gasteiger partial charge in [-0.25, -0.2) is 28.4 Å². The third-order valence-corrected chi connectivity index (χ3v) is 6.69. The molecule has 4 aromatic heterocycles. The molecule has 0 spiro atoms. The first-order chi connectivity index (χ1) is 16.6. The van der Waals surface area contributed by atoms with Crippen LogP contribution in [0.2, 0.25) is 0 Å². The van der Waals surface area contributed by atoms with E-state index in [-0.39, 0.29) is 5.69 Å². The number of anilines is 1. The van der Waals surface area contributed by atoms with Gasteiger partial charge in [-0.05, 0) is 42.5 Å². The maximum Gasteiger partial charge on any atom is 0.173 e. The third kappa shape index (κ3) is 3.48. The monoisotopic (exact) mass is 474 g/mol. The predicted octanol–water partition coefficient (Wildman–Crippen LogP) is 4.92. The molecule has 5 aromatic rings. The van der Waals surface area contributed by atoms with Crippen LogP contribution in [0.4, 0.5) is 14.6 Å². The standard InChI is InChI=1S/C24H16F2N6OS/c25-14-2-4-18(16(26)9-14)32-24(29-12-30-32)21-10-15-20(34-21)7-8-33-19-5-3-17(31-23(15)19)13-1-6-22(27)28-11-13/h1-6,9-12H,7-8H2,(H2,27,28). The average molecular weight is 474 g/mol. The van der Waals surface area contributed by atoms with Gasteiger partial charge in [-0.15, -0.1) is 11.3 Å². The van der Waals surface area contributed by atoms with Gasteiger partial charge in [-0.1, -0.05) is 0 Å². The van der Waals surface area contributed by atoms with Gasteiger partial charge in [0.1, 0.15) is 35.1 Å². The van der Waals surface area contributed by atoms with Crippen LogP contribution >= 0.6 is 11.3 Å². The van der Waals surface area contributed by atoms with Crippen molar-refractivity contribution in [1.29, 1.82) is 0 Å². The summed E-state index contributed by atoms with van der Waals surface area (Å²) in [5, 5.41) is 4.18. The lowest BCUT2D eigenvalue weighted by Crippen LogP contribution is -2.02. The predicted molar refractivity (Wildman–Crippen MR) is 125 cm³/mol. The van der Waals surface area contributed by atoms with Crippen molar-refractivity contribution >= 4 is 17.2 Å². The summed E-state index contributed by atoms with van der Waals surface area (Å²) in [6.07, 6.45) is 3.72. The number of benzene rings is 1. The van der Waals surface area contributed by atoms with Crippen molar-refractivity contribution in [3.8, 4) is 44.7 Å². The maximum absolute atomic E-state index is 14.5. The van der Waals surface area contributed by atoms with Crippen molar-refractivity contribution in [2.45, 2.75) is 6.42 Å². The lowest BCUT2D eigenvalue weighted by molar-refractivity contribution is 0.326. The molecule has 0 amide bonds. The van der Waals surface area contributed by atoms with E-state index >= 15 is 0 Å². The highest BCUT2D eigenvalue weighted by molar-refractivity contribution is 7.16. The van der Waals surface area contributed by atoms with Crippen LogP contribution in [0.15, 0.2) is 61.1 Å². The molecule has 10 heteroatoms. The number of hydrogen-bond acceptors (Lipinski definition) is 7. The summed E-state index contributed by atoms with van der Waals surface area (Å²) in [4.78, 5) is 15.2. The molecule has 0 saturated carbocycles. The van der Waals surface area contributed by atoms with Crippen molar-refractivity contribution in [2.75, 3.05) is 12.3 Å². The minimum Gasteiger partial charge on any atom is -0.491 e. The molecule has 1 aliphatic heterocycles. The Balaban J connectivity index is 1.46. The van der Waals surface area contributed by atoms with E-state index in [9.17, 15) is 8.78 Å². The van der Waals surface area contributed by atoms with Gasteiger partial charge in [-0.2, -0.15) is 5.10 Å². The minimum atomic E-state index is -0.716. The fourth-order valence-electron chi connectivity index (χ4n) is 3.89. The van der Waals surface area contributed by atoms with E-state index in [1.165, 1.54) is 34.5 Å². The number of nitrogens with two attached hydrogens (primary N) is 1. The van der Waals surface area contributed by atoms with E-state index < -0.39 is 11.6 Å². The second-order valence-electron chi connectivity index (χ2n) is 7.65. The summed E-state index contributed by atoms with van der Waals surface area (Å²) in [5.41, 5.74) is 9.05. The Bertz CT molecular complexity index is 1530. The summed E-state index contributed by atoms with van der Waals surface area (Å²) in [6.45, 7) is 0.504. The van der Waals surface area contributed by atoms with Crippen molar-refractivity contribution in [1.82, 2.24) is 24.7 Å². The van der Waals surface area contributed by atoms with E-state index in [1.54, 1.807) is 12.3 Å². The van der Waals surface area contributed by atoms with E-state index in [4.69, 9.17) is 15.5 Å². The van der Waals surface area contributed by atoms with Crippen LogP contribution in [0, 0.1) is 11.6 Å². The molecular formula is C24H16F2N6OS. The van der Waals surface area contributed by atoms with Gasteiger partial charge < -0.3 is 10.5 Å². The highest BCUT2D eigenvalue weighted by Crippen LogP contribution is 2.42. The highest BCUT2D eigenvalue weighted by atomic mass is 32.1. The van der Waals surface area contributed by atoms with Crippen LogP contribution in [0.3, 0.4) is 0 Å². The smallest absolute Gasteiger partial charge is 0.173 e. The molecule has 0 unspecified atom stereocenters. The lowest BCUT2D eigenvalue weighted by Gasteiger charge is -2.09. The number of ether oxygens (including phenoxy) is 1. The average Bonchev–Trinajstić information content (AvgIpc) is 3.44. The van der Waals surface area contributed by atoms with Gasteiger partial charge in [-0.3, -0.25) is 0 Å². The number of fused-ring (bicyclic) bond motifs is 3. The maximum atomic E-state index is 14.5. The summed E-state index contributed by atoms with van der Waals surface area (Å²) >= 11 is 1.52. The van der Waals surface area contributed by atoms with E-state index in [2.05, 4.69) is 15.1 Å². The molecule has 0 aliphatic carbocycles. The van der Waals surface area contributed by atoms with Crippen molar-refractivity contribution in [3.63, 3.8) is 0 Å². The van der Waals surface area contributed by atoms with Gasteiger partial charge in [0.05, 0.1) is 17.2 Å². The molecular weight excluding hydrogens is 458 g/mol. The quantitative estimate of drug-likeness (QED) is 0.399. The lowest BCUT2D eigenvalue weighted by atomic mass is 10.1. The number of pyridine rings is 2. The molecule has 0 saturated heterocycles. The number of rotatable bonds is 3. The zero-order valence-electron chi connectivity index (χ0n) is 17.6. The Labute approximate surface area is 196 Å². The third-order valence-electron chi connectivity index (χ3n) is 5.50. The first kappa shape index (κ1) is 20.4. The van der Waals surface area contributed by atoms with E-state index in [1.807, 2.05) is 24.3 Å². The van der Waals surface area contributed by atoms with Crippen molar-refractivity contribution in [2.24, 2.45) is 0 Å². The number of hydrogen-bond donors (Lipinski definition) is 1. The Kier molecular flexibility index (Phi) is 4.80. The summed E-state index contributed by atoms with van der Waals surface area (Å²) in [7, 11) is 0. The number of halogens is 2. The van der Waals surface area contributed by atoms with Crippen LogP contribution in [0.25, 0.3) is 38.9 Å².